The van der Waals surface area contributed by atoms with Crippen molar-refractivity contribution < 1.29 is 9.47 Å². The third kappa shape index (κ3) is 3.05. The summed E-state index contributed by atoms with van der Waals surface area (Å²) in [6.07, 6.45) is 5.52. The van der Waals surface area contributed by atoms with Gasteiger partial charge in [0, 0.05) is 47.9 Å². The number of pyridine rings is 2. The smallest absolute Gasteiger partial charge is 0.225 e. The minimum atomic E-state index is -0.620. The number of hydrogen-bond donors (Lipinski definition) is 1. The zero-order chi connectivity index (χ0) is 20.8. The first-order chi connectivity index (χ1) is 15.2. The highest BCUT2D eigenvalue weighted by Gasteiger charge is 2.47. The van der Waals surface area contributed by atoms with Crippen LogP contribution in [0.15, 0.2) is 60.0 Å². The van der Waals surface area contributed by atoms with Crippen LogP contribution >= 0.6 is 11.8 Å². The number of fused-ring (bicyclic) bond motifs is 4. The van der Waals surface area contributed by atoms with E-state index in [0.29, 0.717) is 16.8 Å². The Morgan fingerprint density at radius 2 is 1.94 bits per heavy atom. The molecular formula is C23H21N5O2S. The van der Waals surface area contributed by atoms with Gasteiger partial charge in [-0.2, -0.15) is 0 Å². The Hall–Kier alpha value is -3.10. The summed E-state index contributed by atoms with van der Waals surface area (Å²) in [6.45, 7) is 3.13. The van der Waals surface area contributed by atoms with E-state index < -0.39 is 5.54 Å². The van der Waals surface area contributed by atoms with Crippen molar-refractivity contribution in [1.29, 1.82) is 0 Å². The second-order valence-electron chi connectivity index (χ2n) is 7.80. The normalized spacial score (nSPS) is 21.9. The summed E-state index contributed by atoms with van der Waals surface area (Å²) in [5, 5.41) is 0.586. The van der Waals surface area contributed by atoms with Crippen LogP contribution in [0.2, 0.25) is 0 Å². The lowest BCUT2D eigenvalue weighted by Gasteiger charge is -2.35. The second-order valence-corrected chi connectivity index (χ2v) is 8.79. The Labute approximate surface area is 184 Å². The van der Waals surface area contributed by atoms with Gasteiger partial charge in [0.2, 0.25) is 5.88 Å². The molecule has 1 aromatic carbocycles. The highest BCUT2D eigenvalue weighted by atomic mass is 32.2. The molecule has 31 heavy (non-hydrogen) atoms. The number of morpholine rings is 1. The number of rotatable bonds is 2. The molecular weight excluding hydrogens is 410 g/mol. The van der Waals surface area contributed by atoms with Crippen molar-refractivity contribution in [3.8, 4) is 22.8 Å². The van der Waals surface area contributed by atoms with Crippen molar-refractivity contribution in [1.82, 2.24) is 9.97 Å². The summed E-state index contributed by atoms with van der Waals surface area (Å²) in [5.41, 5.74) is 10.7. The average molecular weight is 432 g/mol. The Bertz CT molecular complexity index is 1180. The van der Waals surface area contributed by atoms with Gasteiger partial charge in [0.1, 0.15) is 11.3 Å². The standard InChI is InChI=1S/C23H21N5O2S/c24-22-27-23(14-31-22)18-10-15(16-2-1-5-25-12-16)3-4-20(18)30-21-19(23)11-17(13-26-21)28-6-8-29-9-7-28/h1-5,10-13H,6-9,14H2,(H2,24,27)/t23-/m0/s1. The summed E-state index contributed by atoms with van der Waals surface area (Å²) >= 11 is 1.57. The van der Waals surface area contributed by atoms with Crippen molar-refractivity contribution in [2.24, 2.45) is 10.7 Å². The quantitative estimate of drug-likeness (QED) is 0.666. The topological polar surface area (TPSA) is 85.9 Å². The molecule has 1 spiro atoms. The van der Waals surface area contributed by atoms with E-state index >= 15 is 0 Å². The number of hydrogen-bond acceptors (Lipinski definition) is 8. The van der Waals surface area contributed by atoms with E-state index in [4.69, 9.17) is 20.2 Å². The molecule has 0 amide bonds. The maximum absolute atomic E-state index is 6.24. The first kappa shape index (κ1) is 18.7. The molecule has 3 aromatic rings. The Morgan fingerprint density at radius 1 is 1.03 bits per heavy atom. The first-order valence-electron chi connectivity index (χ1n) is 10.3. The highest BCUT2D eigenvalue weighted by Crippen LogP contribution is 2.53. The molecule has 3 aliphatic rings. The van der Waals surface area contributed by atoms with Gasteiger partial charge in [-0.15, -0.1) is 0 Å². The minimum absolute atomic E-state index is 0.586. The largest absolute Gasteiger partial charge is 0.438 e. The van der Waals surface area contributed by atoms with Gasteiger partial charge in [-0.3, -0.25) is 4.98 Å². The molecule has 8 heteroatoms. The predicted molar refractivity (Wildman–Crippen MR) is 122 cm³/mol. The fourth-order valence-corrected chi connectivity index (χ4v) is 5.38. The van der Waals surface area contributed by atoms with Crippen molar-refractivity contribution in [3.05, 3.63) is 66.1 Å². The molecule has 0 saturated carbocycles. The van der Waals surface area contributed by atoms with Gasteiger partial charge < -0.3 is 20.1 Å². The molecule has 2 N–H and O–H groups in total. The van der Waals surface area contributed by atoms with Crippen LogP contribution in [0.4, 0.5) is 5.69 Å². The molecule has 0 radical (unpaired) electrons. The molecule has 0 aliphatic carbocycles. The van der Waals surface area contributed by atoms with Crippen LogP contribution in [0.3, 0.4) is 0 Å². The van der Waals surface area contributed by atoms with Crippen LogP contribution in [0.25, 0.3) is 11.1 Å². The molecule has 156 valence electrons. The van der Waals surface area contributed by atoms with E-state index in [2.05, 4.69) is 33.1 Å². The van der Waals surface area contributed by atoms with Crippen molar-refractivity contribution in [2.75, 3.05) is 37.0 Å². The molecule has 0 unspecified atom stereocenters. The minimum Gasteiger partial charge on any atom is -0.438 e. The van der Waals surface area contributed by atoms with Crippen LogP contribution < -0.4 is 15.4 Å². The highest BCUT2D eigenvalue weighted by molar-refractivity contribution is 8.14. The fraction of sp³-hybridized carbons (Fsp3) is 0.261. The zero-order valence-electron chi connectivity index (χ0n) is 16.8. The van der Waals surface area contributed by atoms with E-state index in [1.165, 1.54) is 0 Å². The summed E-state index contributed by atoms with van der Waals surface area (Å²) in [5.74, 6) is 2.08. The lowest BCUT2D eigenvalue weighted by Crippen LogP contribution is -2.37. The molecule has 1 atom stereocenters. The maximum atomic E-state index is 6.24. The van der Waals surface area contributed by atoms with Crippen LogP contribution in [-0.4, -0.2) is 47.2 Å². The first-order valence-corrected chi connectivity index (χ1v) is 11.3. The van der Waals surface area contributed by atoms with Gasteiger partial charge in [0.05, 0.1) is 25.1 Å². The van der Waals surface area contributed by atoms with E-state index in [0.717, 1.165) is 60.0 Å². The molecule has 1 fully saturated rings. The van der Waals surface area contributed by atoms with Crippen molar-refractivity contribution >= 4 is 22.6 Å². The average Bonchev–Trinajstić information content (AvgIpc) is 3.22. The summed E-state index contributed by atoms with van der Waals surface area (Å²) in [7, 11) is 0. The van der Waals surface area contributed by atoms with Crippen molar-refractivity contribution in [2.45, 2.75) is 5.54 Å². The molecule has 5 heterocycles. The fourth-order valence-electron chi connectivity index (χ4n) is 4.42. The Kier molecular flexibility index (Phi) is 4.36. The van der Waals surface area contributed by atoms with Gasteiger partial charge >= 0.3 is 0 Å². The lowest BCUT2D eigenvalue weighted by atomic mass is 9.82. The van der Waals surface area contributed by atoms with E-state index in [1.807, 2.05) is 30.6 Å². The van der Waals surface area contributed by atoms with Crippen LogP contribution in [0.5, 0.6) is 11.6 Å². The molecule has 2 aromatic heterocycles. The number of nitrogens with two attached hydrogens (primary N) is 1. The summed E-state index contributed by atoms with van der Waals surface area (Å²) in [6, 6.07) is 12.4. The number of nitrogens with zero attached hydrogens (tertiary/aromatic N) is 4. The zero-order valence-corrected chi connectivity index (χ0v) is 17.6. The van der Waals surface area contributed by atoms with Crippen molar-refractivity contribution in [3.63, 3.8) is 0 Å². The van der Waals surface area contributed by atoms with E-state index in [9.17, 15) is 0 Å². The van der Waals surface area contributed by atoms with Gasteiger partial charge in [0.15, 0.2) is 5.17 Å². The predicted octanol–water partition coefficient (Wildman–Crippen LogP) is 3.39. The third-order valence-electron chi connectivity index (χ3n) is 6.02. The Morgan fingerprint density at radius 3 is 2.71 bits per heavy atom. The number of anilines is 1. The SMILES string of the molecule is NC1=N[C@@]2(CS1)c1cc(-c3cccnc3)ccc1Oc1ncc(N3CCOCC3)cc12. The maximum Gasteiger partial charge on any atom is 0.225 e. The van der Waals surface area contributed by atoms with Gasteiger partial charge in [0.25, 0.3) is 0 Å². The lowest BCUT2D eigenvalue weighted by molar-refractivity contribution is 0.122. The number of aromatic nitrogens is 2. The number of amidine groups is 1. The molecule has 1 saturated heterocycles. The summed E-state index contributed by atoms with van der Waals surface area (Å²) < 4.78 is 11.8. The van der Waals surface area contributed by atoms with Crippen LogP contribution in [0.1, 0.15) is 11.1 Å². The second kappa shape index (κ2) is 7.25. The molecule has 7 nitrogen and oxygen atoms in total. The number of thioether (sulfide) groups is 1. The van der Waals surface area contributed by atoms with E-state index in [1.54, 1.807) is 18.0 Å². The Balaban J connectivity index is 1.51. The van der Waals surface area contributed by atoms with Gasteiger partial charge in [-0.1, -0.05) is 23.9 Å². The monoisotopic (exact) mass is 431 g/mol. The number of benzene rings is 1. The molecule has 6 rings (SSSR count). The number of aliphatic imine (C=N–C) groups is 1. The molecule has 0 bridgehead atoms. The third-order valence-corrected chi connectivity index (χ3v) is 6.96. The van der Waals surface area contributed by atoms with Crippen LogP contribution in [0, 0.1) is 0 Å². The van der Waals surface area contributed by atoms with E-state index in [-0.39, 0.29) is 0 Å². The van der Waals surface area contributed by atoms with Gasteiger partial charge in [-0.05, 0) is 29.8 Å². The molecule has 3 aliphatic heterocycles. The number of ether oxygens (including phenoxy) is 2. The van der Waals surface area contributed by atoms with Gasteiger partial charge in [-0.25, -0.2) is 9.98 Å². The summed E-state index contributed by atoms with van der Waals surface area (Å²) in [4.78, 5) is 16.2. The van der Waals surface area contributed by atoms with Crippen LogP contribution in [-0.2, 0) is 10.3 Å².